The van der Waals surface area contributed by atoms with E-state index in [9.17, 15) is 0 Å². The SMILES string of the molecule is CCCCCCCCC(CCCCCCCC)n1c2cc3c(cc2c2cc4c(cc21)-c1s[c]([Sn]([CH3])([CH3])[CH3])cc1C4(c1ccc(OCC(CC)CCCC)cc1)c1ccc(OCC(CC)CCCC)cc1)C(c1ccc(OCC(CC)CCCC)cc1)(c1ccc(OCC(CC)CCCC)cc1)c1c[c]([Sn]([CH3])([CH3])[CH3])sc1-3. The molecular weight excluding hydrogens is 1590 g/mol. The molecule has 2 aliphatic rings. The van der Waals surface area contributed by atoms with Gasteiger partial charge in [0.1, 0.15) is 0 Å². The van der Waals surface area contributed by atoms with E-state index in [2.05, 4.69) is 260 Å². The Hall–Kier alpha value is -4.68. The zero-order valence-electron chi connectivity index (χ0n) is 71.5. The van der Waals surface area contributed by atoms with Crippen LogP contribution in [0.2, 0.25) is 29.6 Å². The third-order valence-corrected chi connectivity index (χ3v) is 46.7. The quantitative estimate of drug-likeness (QED) is 0.0281. The van der Waals surface area contributed by atoms with Crippen molar-refractivity contribution in [2.45, 2.75) is 308 Å². The molecule has 110 heavy (non-hydrogen) atoms. The van der Waals surface area contributed by atoms with Crippen molar-refractivity contribution in [3.05, 3.63) is 178 Å². The van der Waals surface area contributed by atoms with Gasteiger partial charge in [0.05, 0.1) is 0 Å². The van der Waals surface area contributed by atoms with E-state index in [1.165, 1.54) is 254 Å². The molecule has 4 unspecified atom stereocenters. The fourth-order valence-corrected chi connectivity index (χ4v) is 31.1. The summed E-state index contributed by atoms with van der Waals surface area (Å²) < 4.78 is 33.7. The van der Waals surface area contributed by atoms with Crippen LogP contribution in [0.25, 0.3) is 42.7 Å². The van der Waals surface area contributed by atoms with Gasteiger partial charge in [0.15, 0.2) is 0 Å². The molecule has 0 bridgehead atoms. The maximum atomic E-state index is 6.85. The summed E-state index contributed by atoms with van der Waals surface area (Å²) in [5.74, 6) is 5.99. The normalized spacial score (nSPS) is 16.5. The predicted molar refractivity (Wildman–Crippen MR) is 486 cm³/mol. The predicted octanol–water partition coefficient (Wildman–Crippen LogP) is 30.2. The fourth-order valence-electron chi connectivity index (χ4n) is 18.2. The average Bonchev–Trinajstić information content (AvgIpc) is 1.51. The van der Waals surface area contributed by atoms with Gasteiger partial charge in [-0.15, -0.1) is 0 Å². The number of hydrogen-bond donors (Lipinski definition) is 0. The van der Waals surface area contributed by atoms with Crippen LogP contribution in [0, 0.1) is 23.7 Å². The topological polar surface area (TPSA) is 41.9 Å². The first-order chi connectivity index (χ1) is 53.4. The Kier molecular flexibility index (Phi) is 31.9. The first-order valence-corrected chi connectivity index (χ1v) is 66.4. The van der Waals surface area contributed by atoms with Crippen LogP contribution in [0.5, 0.6) is 23.0 Å². The minimum atomic E-state index is -2.77. The molecule has 6 aromatic carbocycles. The third-order valence-electron chi connectivity index (χ3n) is 25.5. The molecule has 0 spiro atoms. The molecule has 0 fully saturated rings. The minimum absolute atomic E-state index is 0.335. The number of rotatable bonds is 49. The average molecular weight is 1740 g/mol. The van der Waals surface area contributed by atoms with E-state index < -0.39 is 47.6 Å². The Morgan fingerprint density at radius 3 is 0.845 bits per heavy atom. The second-order valence-electron chi connectivity index (χ2n) is 35.7. The van der Waals surface area contributed by atoms with Gasteiger partial charge in [-0.1, -0.05) is 159 Å². The molecule has 9 aromatic rings. The zero-order chi connectivity index (χ0) is 78.0. The van der Waals surface area contributed by atoms with Crippen LogP contribution in [0.1, 0.15) is 312 Å². The second kappa shape index (κ2) is 40.7. The molecule has 0 aliphatic heterocycles. The van der Waals surface area contributed by atoms with E-state index in [1.807, 2.05) is 0 Å². The van der Waals surface area contributed by atoms with Crippen molar-refractivity contribution in [3.8, 4) is 43.9 Å². The molecular formula is C101H143NO4S2Sn2. The van der Waals surface area contributed by atoms with Gasteiger partial charge in [-0.05, 0) is 0 Å². The van der Waals surface area contributed by atoms with Crippen LogP contribution in [0.4, 0.5) is 0 Å². The summed E-state index contributed by atoms with van der Waals surface area (Å²) in [5.41, 5.74) is 15.2. The second-order valence-corrected chi connectivity index (χ2v) is 68.6. The number of thiophene rings is 2. The number of unbranched alkanes of at least 4 members (excludes halogenated alkanes) is 14. The molecule has 0 amide bonds. The Morgan fingerprint density at radius 1 is 0.309 bits per heavy atom. The molecule has 3 heterocycles. The number of benzene rings is 6. The first kappa shape index (κ1) is 86.2. The molecule has 5 nitrogen and oxygen atoms in total. The van der Waals surface area contributed by atoms with E-state index in [0.29, 0.717) is 29.7 Å². The number of ether oxygens (including phenoxy) is 4. The molecule has 0 saturated heterocycles. The number of aromatic nitrogens is 1. The molecule has 0 saturated carbocycles. The Labute approximate surface area is 684 Å². The molecule has 11 rings (SSSR count). The first-order valence-electron chi connectivity index (χ1n) is 44.8. The van der Waals surface area contributed by atoms with Crippen LogP contribution < -0.4 is 24.7 Å². The van der Waals surface area contributed by atoms with Crippen LogP contribution in [0.15, 0.2) is 133 Å². The number of nitrogens with zero attached hydrogens (tertiary/aromatic N) is 1. The van der Waals surface area contributed by atoms with E-state index in [4.69, 9.17) is 18.9 Å². The van der Waals surface area contributed by atoms with Crippen molar-refractivity contribution in [1.29, 1.82) is 0 Å². The Morgan fingerprint density at radius 2 is 0.582 bits per heavy atom. The fraction of sp³-hybridized carbons (Fsp3) is 0.564. The molecule has 0 radical (unpaired) electrons. The van der Waals surface area contributed by atoms with Crippen molar-refractivity contribution in [3.63, 3.8) is 0 Å². The van der Waals surface area contributed by atoms with Gasteiger partial charge in [-0.2, -0.15) is 0 Å². The van der Waals surface area contributed by atoms with Gasteiger partial charge in [-0.25, -0.2) is 0 Å². The summed E-state index contributed by atoms with van der Waals surface area (Å²) in [6.45, 7) is 26.3. The van der Waals surface area contributed by atoms with E-state index >= 15 is 0 Å². The van der Waals surface area contributed by atoms with Crippen LogP contribution in [-0.2, 0) is 10.8 Å². The molecule has 0 N–H and O–H groups in total. The van der Waals surface area contributed by atoms with Crippen molar-refractivity contribution in [2.75, 3.05) is 26.4 Å². The molecule has 596 valence electrons. The Balaban J connectivity index is 1.21. The van der Waals surface area contributed by atoms with Gasteiger partial charge < -0.3 is 0 Å². The molecule has 4 atom stereocenters. The zero-order valence-corrected chi connectivity index (χ0v) is 78.9. The molecule has 9 heteroatoms. The van der Waals surface area contributed by atoms with Crippen LogP contribution >= 0.6 is 22.7 Å². The van der Waals surface area contributed by atoms with E-state index in [-0.39, 0.29) is 0 Å². The van der Waals surface area contributed by atoms with Gasteiger partial charge in [0, 0.05) is 0 Å². The molecule has 2 aliphatic carbocycles. The summed E-state index contributed by atoms with van der Waals surface area (Å²) in [6, 6.07) is 55.0. The van der Waals surface area contributed by atoms with Crippen molar-refractivity contribution in [2.24, 2.45) is 23.7 Å². The monoisotopic (exact) mass is 1740 g/mol. The number of fused-ring (bicyclic) bond motifs is 9. The number of hydrogen-bond acceptors (Lipinski definition) is 6. The standard InChI is InChI=1S/C95H125NO4S2.6CH3.2Sn/c1-11-21-27-29-31-33-39-77(40-34-32-30-28-22-12-2)96-90-63-84-88(94(86-57-59-101-92(84)86,73-41-49-78(50-42-73)97-65-69(17-7)35-23-13-3)74-43-51-79(52-44-74)98-66-70(18-8)36-24-14-4)61-82(90)83-62-89-85(64-91(83)96)93-87(58-60-102-93)95(89,75-45-53-80(54-46-75)99-67-71(19-9)37-25-15-5)76-47-55-81(56-48-76)100-68-72(20-10)38-26-16-6;;;;;;;;/h41-58,61-64,69-72,77H,11-40,65-68H2,1-10H3;6*1H3;;. The van der Waals surface area contributed by atoms with Gasteiger partial charge in [0.25, 0.3) is 0 Å². The van der Waals surface area contributed by atoms with Crippen molar-refractivity contribution in [1.82, 2.24) is 4.57 Å². The van der Waals surface area contributed by atoms with Crippen LogP contribution in [0.3, 0.4) is 0 Å². The summed E-state index contributed by atoms with van der Waals surface area (Å²) in [6.07, 6.45) is 37.0. The van der Waals surface area contributed by atoms with Gasteiger partial charge in [-0.3, -0.25) is 0 Å². The van der Waals surface area contributed by atoms with Crippen LogP contribution in [-0.4, -0.2) is 67.7 Å². The van der Waals surface area contributed by atoms with Crippen molar-refractivity contribution >= 4 is 87.0 Å². The van der Waals surface area contributed by atoms with E-state index in [0.717, 1.165) is 75.1 Å². The van der Waals surface area contributed by atoms with Gasteiger partial charge in [0.2, 0.25) is 0 Å². The maximum absolute atomic E-state index is 6.85. The van der Waals surface area contributed by atoms with Crippen molar-refractivity contribution < 1.29 is 18.9 Å². The summed E-state index contributed by atoms with van der Waals surface area (Å²) >= 11 is -1.27. The summed E-state index contributed by atoms with van der Waals surface area (Å²) in [5, 5.41) is 2.74. The van der Waals surface area contributed by atoms with Gasteiger partial charge >= 0.3 is 532 Å². The van der Waals surface area contributed by atoms with E-state index in [1.54, 1.807) is 5.79 Å². The molecule has 3 aromatic heterocycles. The summed E-state index contributed by atoms with van der Waals surface area (Å²) in [7, 11) is 0. The summed E-state index contributed by atoms with van der Waals surface area (Å²) in [4.78, 5) is 18.7. The third kappa shape index (κ3) is 19.5. The Bertz CT molecular complexity index is 3900.